The average molecular weight is 354 g/mol. The molecule has 132 valence electrons. The number of hydrogen-bond acceptors (Lipinski definition) is 3. The maximum atomic E-state index is 12.3. The summed E-state index contributed by atoms with van der Waals surface area (Å²) in [7, 11) is 0. The lowest BCUT2D eigenvalue weighted by molar-refractivity contribution is -0.127. The highest BCUT2D eigenvalue weighted by atomic mass is 35.5. The minimum Gasteiger partial charge on any atom is -0.355 e. The second-order valence-corrected chi connectivity index (χ2v) is 6.27. The Morgan fingerprint density at radius 3 is 2.25 bits per heavy atom. The average Bonchev–Trinajstić information content (AvgIpc) is 2.52. The van der Waals surface area contributed by atoms with Gasteiger partial charge in [0.1, 0.15) is 6.04 Å². The maximum Gasteiger partial charge on any atom is 0.251 e. The standard InChI is InChI=1S/C17H24ClN3O3/c1-4-19-15(22)10-20-17(24)14(9-11(2)3)21-16(23)12-5-7-13(18)8-6-12/h5-8,11,14H,4,9-10H2,1-3H3,(H,19,22)(H,20,24)(H,21,23)/t14-/m0/s1. The van der Waals surface area contributed by atoms with Gasteiger partial charge < -0.3 is 16.0 Å². The molecule has 0 saturated heterocycles. The van der Waals surface area contributed by atoms with Crippen molar-refractivity contribution in [2.45, 2.75) is 33.2 Å². The van der Waals surface area contributed by atoms with Crippen molar-refractivity contribution < 1.29 is 14.4 Å². The third-order valence-corrected chi connectivity index (χ3v) is 3.48. The first-order valence-corrected chi connectivity index (χ1v) is 8.32. The van der Waals surface area contributed by atoms with E-state index in [1.165, 1.54) is 0 Å². The fourth-order valence-electron chi connectivity index (χ4n) is 2.10. The van der Waals surface area contributed by atoms with Crippen molar-refractivity contribution in [3.8, 4) is 0 Å². The molecule has 7 heteroatoms. The van der Waals surface area contributed by atoms with E-state index in [0.29, 0.717) is 23.6 Å². The van der Waals surface area contributed by atoms with Gasteiger partial charge in [0.15, 0.2) is 0 Å². The predicted octanol–water partition coefficient (Wildman–Crippen LogP) is 1.74. The topological polar surface area (TPSA) is 87.3 Å². The fourth-order valence-corrected chi connectivity index (χ4v) is 2.22. The molecular weight excluding hydrogens is 330 g/mol. The number of carbonyl (C=O) groups is 3. The zero-order valence-electron chi connectivity index (χ0n) is 14.2. The molecule has 0 fully saturated rings. The molecule has 0 aliphatic carbocycles. The number of amides is 3. The molecule has 0 aliphatic heterocycles. The molecular formula is C17H24ClN3O3. The van der Waals surface area contributed by atoms with Crippen molar-refractivity contribution in [1.29, 1.82) is 0 Å². The van der Waals surface area contributed by atoms with Crippen LogP contribution in [0.3, 0.4) is 0 Å². The van der Waals surface area contributed by atoms with Gasteiger partial charge in [0, 0.05) is 17.1 Å². The Morgan fingerprint density at radius 1 is 1.08 bits per heavy atom. The fraction of sp³-hybridized carbons (Fsp3) is 0.471. The lowest BCUT2D eigenvalue weighted by atomic mass is 10.0. The lowest BCUT2D eigenvalue weighted by Crippen LogP contribution is -2.49. The second-order valence-electron chi connectivity index (χ2n) is 5.83. The maximum absolute atomic E-state index is 12.3. The molecule has 0 aromatic heterocycles. The summed E-state index contributed by atoms with van der Waals surface area (Å²) in [6, 6.07) is 5.71. The van der Waals surface area contributed by atoms with E-state index in [2.05, 4.69) is 16.0 Å². The van der Waals surface area contributed by atoms with Gasteiger partial charge in [-0.25, -0.2) is 0 Å². The molecule has 24 heavy (non-hydrogen) atoms. The normalized spacial score (nSPS) is 11.7. The van der Waals surface area contributed by atoms with Crippen molar-refractivity contribution >= 4 is 29.3 Å². The summed E-state index contributed by atoms with van der Waals surface area (Å²) in [6.45, 7) is 6.10. The smallest absolute Gasteiger partial charge is 0.251 e. The van der Waals surface area contributed by atoms with E-state index < -0.39 is 6.04 Å². The number of hydrogen-bond donors (Lipinski definition) is 3. The van der Waals surface area contributed by atoms with E-state index in [0.717, 1.165) is 0 Å². The molecule has 1 atom stereocenters. The lowest BCUT2D eigenvalue weighted by Gasteiger charge is -2.20. The van der Waals surface area contributed by atoms with Crippen LogP contribution in [0.2, 0.25) is 5.02 Å². The van der Waals surface area contributed by atoms with E-state index in [9.17, 15) is 14.4 Å². The summed E-state index contributed by atoms with van der Waals surface area (Å²) in [6.07, 6.45) is 0.473. The van der Waals surface area contributed by atoms with E-state index in [1.807, 2.05) is 13.8 Å². The van der Waals surface area contributed by atoms with Gasteiger partial charge in [-0.2, -0.15) is 0 Å². The van der Waals surface area contributed by atoms with Crippen LogP contribution in [-0.4, -0.2) is 36.9 Å². The first-order chi connectivity index (χ1) is 11.3. The van der Waals surface area contributed by atoms with E-state index in [-0.39, 0.29) is 30.2 Å². The number of benzene rings is 1. The van der Waals surface area contributed by atoms with Crippen LogP contribution < -0.4 is 16.0 Å². The quantitative estimate of drug-likeness (QED) is 0.665. The molecule has 1 rings (SSSR count). The Morgan fingerprint density at radius 2 is 1.71 bits per heavy atom. The van der Waals surface area contributed by atoms with Crippen LogP contribution in [0.4, 0.5) is 0 Å². The Hall–Kier alpha value is -2.08. The van der Waals surface area contributed by atoms with Crippen molar-refractivity contribution in [2.75, 3.05) is 13.1 Å². The van der Waals surface area contributed by atoms with Crippen LogP contribution in [0.25, 0.3) is 0 Å². The van der Waals surface area contributed by atoms with Crippen LogP contribution in [0.1, 0.15) is 37.6 Å². The zero-order chi connectivity index (χ0) is 18.1. The molecule has 1 aromatic carbocycles. The molecule has 0 saturated carbocycles. The molecule has 0 bridgehead atoms. The monoisotopic (exact) mass is 353 g/mol. The van der Waals surface area contributed by atoms with Gasteiger partial charge in [0.05, 0.1) is 6.54 Å². The number of halogens is 1. The SMILES string of the molecule is CCNC(=O)CNC(=O)[C@H](CC(C)C)NC(=O)c1ccc(Cl)cc1. The Kier molecular flexibility index (Phi) is 8.26. The van der Waals surface area contributed by atoms with Gasteiger partial charge >= 0.3 is 0 Å². The largest absolute Gasteiger partial charge is 0.355 e. The van der Waals surface area contributed by atoms with Crippen LogP contribution in [-0.2, 0) is 9.59 Å². The molecule has 3 N–H and O–H groups in total. The summed E-state index contributed by atoms with van der Waals surface area (Å²) in [5.74, 6) is -0.795. The Bertz CT molecular complexity index is 573. The van der Waals surface area contributed by atoms with Crippen LogP contribution in [0.15, 0.2) is 24.3 Å². The highest BCUT2D eigenvalue weighted by molar-refractivity contribution is 6.30. The molecule has 0 unspecified atom stereocenters. The molecule has 0 aliphatic rings. The summed E-state index contributed by atoms with van der Waals surface area (Å²) < 4.78 is 0. The third kappa shape index (κ3) is 7.00. The van der Waals surface area contributed by atoms with E-state index >= 15 is 0 Å². The molecule has 0 spiro atoms. The first kappa shape index (κ1) is 20.0. The molecule has 3 amide bonds. The van der Waals surface area contributed by atoms with Crippen molar-refractivity contribution in [3.63, 3.8) is 0 Å². The number of nitrogens with one attached hydrogen (secondary N) is 3. The van der Waals surface area contributed by atoms with Crippen molar-refractivity contribution in [3.05, 3.63) is 34.9 Å². The minimum absolute atomic E-state index is 0.113. The molecule has 0 heterocycles. The van der Waals surface area contributed by atoms with Crippen LogP contribution in [0, 0.1) is 5.92 Å². The highest BCUT2D eigenvalue weighted by Gasteiger charge is 2.22. The number of likely N-dealkylation sites (N-methyl/N-ethyl adjacent to an activating group) is 1. The number of carbonyl (C=O) groups excluding carboxylic acids is 3. The summed E-state index contributed by atoms with van der Waals surface area (Å²) >= 11 is 5.80. The predicted molar refractivity (Wildman–Crippen MR) is 93.9 cm³/mol. The summed E-state index contributed by atoms with van der Waals surface area (Å²) in [5.41, 5.74) is 0.421. The Balaban J connectivity index is 2.70. The molecule has 1 aromatic rings. The zero-order valence-corrected chi connectivity index (χ0v) is 14.9. The van der Waals surface area contributed by atoms with E-state index in [1.54, 1.807) is 31.2 Å². The van der Waals surface area contributed by atoms with Gasteiger partial charge in [0.25, 0.3) is 5.91 Å². The van der Waals surface area contributed by atoms with Crippen molar-refractivity contribution in [2.24, 2.45) is 5.92 Å². The molecule has 0 radical (unpaired) electrons. The second kappa shape index (κ2) is 9.93. The molecule has 6 nitrogen and oxygen atoms in total. The summed E-state index contributed by atoms with van der Waals surface area (Å²) in [4.78, 5) is 36.0. The van der Waals surface area contributed by atoms with Crippen LogP contribution in [0.5, 0.6) is 0 Å². The van der Waals surface area contributed by atoms with Gasteiger partial charge in [-0.05, 0) is 43.5 Å². The third-order valence-electron chi connectivity index (χ3n) is 3.23. The van der Waals surface area contributed by atoms with Gasteiger partial charge in [-0.15, -0.1) is 0 Å². The van der Waals surface area contributed by atoms with Gasteiger partial charge in [-0.3, -0.25) is 14.4 Å². The minimum atomic E-state index is -0.706. The van der Waals surface area contributed by atoms with Gasteiger partial charge in [-0.1, -0.05) is 25.4 Å². The highest BCUT2D eigenvalue weighted by Crippen LogP contribution is 2.11. The van der Waals surface area contributed by atoms with E-state index in [4.69, 9.17) is 11.6 Å². The first-order valence-electron chi connectivity index (χ1n) is 7.94. The summed E-state index contributed by atoms with van der Waals surface area (Å²) in [5, 5.41) is 8.40. The number of rotatable bonds is 8. The van der Waals surface area contributed by atoms with Gasteiger partial charge in [0.2, 0.25) is 11.8 Å². The Labute approximate surface area is 147 Å². The van der Waals surface area contributed by atoms with Crippen LogP contribution >= 0.6 is 11.6 Å². The van der Waals surface area contributed by atoms with Crippen molar-refractivity contribution in [1.82, 2.24) is 16.0 Å².